The number of methoxy groups -OCH3 is 2. The van der Waals surface area contributed by atoms with E-state index < -0.39 is 46.6 Å². The third-order valence-corrected chi connectivity index (χ3v) is 15.2. The monoisotopic (exact) mass is 906 g/mol. The first-order valence-electron chi connectivity index (χ1n) is 21.3. The fraction of sp³-hybridized carbons (Fsp3) is 0.489. The molecule has 1 aromatic heterocycles. The summed E-state index contributed by atoms with van der Waals surface area (Å²) in [5, 5.41) is 25.1. The maximum absolute atomic E-state index is 14.0. The Bertz CT molecular complexity index is 2330. The van der Waals surface area contributed by atoms with E-state index in [4.69, 9.17) is 28.4 Å². The van der Waals surface area contributed by atoms with Gasteiger partial charge in [0.1, 0.15) is 24.2 Å². The number of aliphatic hydroxyl groups is 1. The first-order chi connectivity index (χ1) is 30.1. The third kappa shape index (κ3) is 10.7. The Kier molecular flexibility index (Phi) is 14.5. The molecule has 0 saturated carbocycles. The molecular formula is C47H58N2O12S2. The number of amides is 1. The number of aliphatic hydroxyl groups excluding tert-OH is 1. The number of carboxylic acid groups (broad SMARTS) is 1. The number of nitrogens with zero attached hydrogens (tertiary/aromatic N) is 1. The lowest BCUT2D eigenvalue weighted by Gasteiger charge is -2.31. The zero-order valence-corrected chi connectivity index (χ0v) is 38.2. The average Bonchev–Trinajstić information content (AvgIpc) is 3.96. The molecule has 14 nitrogen and oxygen atoms in total. The summed E-state index contributed by atoms with van der Waals surface area (Å²) in [6.45, 7) is 8.54. The molecule has 1 aliphatic carbocycles. The van der Waals surface area contributed by atoms with Crippen molar-refractivity contribution >= 4 is 33.4 Å². The molecule has 2 fully saturated rings. The lowest BCUT2D eigenvalue weighted by atomic mass is 9.76. The first-order valence-corrected chi connectivity index (χ1v) is 23.6. The summed E-state index contributed by atoms with van der Waals surface area (Å²) in [5.41, 5.74) is 3.76. The minimum Gasteiger partial charge on any atom is -0.497 e. The molecule has 3 heterocycles. The average molecular weight is 907 g/mol. The molecule has 1 amide bonds. The van der Waals surface area contributed by atoms with E-state index >= 15 is 0 Å². The van der Waals surface area contributed by atoms with Crippen LogP contribution in [0.2, 0.25) is 0 Å². The largest absolute Gasteiger partial charge is 0.497 e. The molecule has 3 aromatic carbocycles. The Hall–Kier alpha value is -4.55. The van der Waals surface area contributed by atoms with E-state index in [1.165, 1.54) is 23.5 Å². The molecule has 4 aromatic rings. The van der Waals surface area contributed by atoms with Crippen LogP contribution in [0.25, 0.3) is 10.4 Å². The summed E-state index contributed by atoms with van der Waals surface area (Å²) in [6.07, 6.45) is -1.02. The van der Waals surface area contributed by atoms with Gasteiger partial charge in [-0.25, -0.2) is 18.0 Å². The van der Waals surface area contributed by atoms with Gasteiger partial charge in [-0.2, -0.15) is 4.31 Å². The van der Waals surface area contributed by atoms with Crippen LogP contribution in [-0.2, 0) is 54.8 Å². The summed E-state index contributed by atoms with van der Waals surface area (Å²) in [6, 6.07) is 20.0. The number of fused-ring (bicyclic) bond motifs is 2. The Morgan fingerprint density at radius 1 is 0.952 bits per heavy atom. The van der Waals surface area contributed by atoms with Gasteiger partial charge in [0.05, 0.1) is 55.0 Å². The molecule has 0 spiro atoms. The quantitative estimate of drug-likeness (QED) is 0.0938. The van der Waals surface area contributed by atoms with Crippen LogP contribution in [0, 0.1) is 17.3 Å². The second kappa shape index (κ2) is 19.7. The second-order valence-electron chi connectivity index (χ2n) is 17.7. The number of carboxylic acids is 1. The maximum atomic E-state index is 14.0. The number of carbonyl (C=O) groups is 2. The van der Waals surface area contributed by atoms with Gasteiger partial charge in [0.2, 0.25) is 10.0 Å². The molecule has 3 N–H and O–H groups in total. The number of benzene rings is 3. The number of rotatable bonds is 18. The minimum absolute atomic E-state index is 0.0304. The lowest BCUT2D eigenvalue weighted by Crippen LogP contribution is -2.52. The summed E-state index contributed by atoms with van der Waals surface area (Å²) >= 11 is 1.56. The highest BCUT2D eigenvalue weighted by Gasteiger charge is 2.50. The van der Waals surface area contributed by atoms with Crippen molar-refractivity contribution in [2.45, 2.75) is 95.5 Å². The van der Waals surface area contributed by atoms with E-state index in [0.717, 1.165) is 51.3 Å². The minimum atomic E-state index is -4.07. The summed E-state index contributed by atoms with van der Waals surface area (Å²) in [4.78, 5) is 28.2. The zero-order valence-electron chi connectivity index (χ0n) is 36.6. The molecule has 0 radical (unpaired) electrons. The van der Waals surface area contributed by atoms with Crippen molar-refractivity contribution in [1.29, 1.82) is 0 Å². The number of alkyl carbamates (subject to hydrolysis) is 1. The number of aryl methyl sites for hydroxylation is 1. The topological polar surface area (TPSA) is 179 Å². The molecule has 0 bridgehead atoms. The summed E-state index contributed by atoms with van der Waals surface area (Å²) in [7, 11) is -1.02. The smallest absolute Gasteiger partial charge is 0.407 e. The lowest BCUT2D eigenvalue weighted by molar-refractivity contribution is -0.0913. The van der Waals surface area contributed by atoms with Crippen molar-refractivity contribution < 1.29 is 56.6 Å². The van der Waals surface area contributed by atoms with Gasteiger partial charge >= 0.3 is 12.1 Å². The van der Waals surface area contributed by atoms with Crippen LogP contribution in [0.1, 0.15) is 66.0 Å². The summed E-state index contributed by atoms with van der Waals surface area (Å²) in [5.74, 6) is -0.278. The van der Waals surface area contributed by atoms with Crippen LogP contribution in [0.4, 0.5) is 4.79 Å². The molecule has 1 unspecified atom stereocenters. The molecule has 16 heteroatoms. The van der Waals surface area contributed by atoms with Crippen LogP contribution in [0.3, 0.4) is 0 Å². The number of carbonyl (C=O) groups excluding carboxylic acids is 1. The molecule has 63 heavy (non-hydrogen) atoms. The van der Waals surface area contributed by atoms with Crippen LogP contribution in [0.5, 0.6) is 11.5 Å². The van der Waals surface area contributed by atoms with Crippen molar-refractivity contribution in [1.82, 2.24) is 9.62 Å². The molecule has 7 rings (SSSR count). The molecule has 2 aliphatic heterocycles. The molecule has 3 aliphatic rings. The van der Waals surface area contributed by atoms with Gasteiger partial charge in [-0.05, 0) is 95.7 Å². The van der Waals surface area contributed by atoms with Gasteiger partial charge in [-0.1, -0.05) is 64.1 Å². The first kappa shape index (κ1) is 46.4. The van der Waals surface area contributed by atoms with Crippen molar-refractivity contribution in [2.75, 3.05) is 40.5 Å². The normalized spacial score (nSPS) is 21.4. The highest BCUT2D eigenvalue weighted by atomic mass is 32.2. The van der Waals surface area contributed by atoms with Crippen molar-refractivity contribution in [2.24, 2.45) is 17.3 Å². The highest BCUT2D eigenvalue weighted by Crippen LogP contribution is 2.46. The van der Waals surface area contributed by atoms with Gasteiger partial charge in [0, 0.05) is 30.0 Å². The van der Waals surface area contributed by atoms with Crippen LogP contribution < -0.4 is 14.8 Å². The number of sulfonamides is 1. The standard InChI is InChI=1S/C47H58N2O12S2/c1-28(2)23-49(63(54,55)33-17-15-31(56-5)16-18-33)24-37(50)36(48-46(53)61-39-27-60-45-42(39)38(57-6)26-59-45)21-29-11-13-32(14-12-29)58-25-30-9-7-8-10-34(30)43-41(44(51)52)35-22-47(3,4)20-19-40(35)62-43/h7-18,28,36-39,42,45,50H,19-27H2,1-6H3,(H,48,53)(H,51,52)/t36-,37+,38-,39?,42-,45+/m0/s1. The molecule has 340 valence electrons. The maximum Gasteiger partial charge on any atom is 0.407 e. The van der Waals surface area contributed by atoms with E-state index in [1.54, 1.807) is 42.7 Å². The van der Waals surface area contributed by atoms with Gasteiger partial charge < -0.3 is 44.0 Å². The summed E-state index contributed by atoms with van der Waals surface area (Å²) < 4.78 is 63.5. The SMILES string of the molecule is COc1ccc(S(=O)(=O)N(CC(C)C)C[C@@H](O)[C@H](Cc2ccc(OCc3ccccc3-c3sc4c(c3C(=O)O)CC(C)(C)CC4)cc2)NC(=O)OC2CO[C@H]3OC[C@H](OC)[C@@H]23)cc1. The number of ether oxygens (including phenoxy) is 6. The second-order valence-corrected chi connectivity index (χ2v) is 20.7. The molecule has 2 saturated heterocycles. The predicted octanol–water partition coefficient (Wildman–Crippen LogP) is 6.95. The zero-order chi connectivity index (χ0) is 45.1. The molecule has 6 atom stereocenters. The van der Waals surface area contributed by atoms with E-state index in [9.17, 15) is 28.2 Å². The van der Waals surface area contributed by atoms with Crippen molar-refractivity contribution in [3.63, 3.8) is 0 Å². The van der Waals surface area contributed by atoms with E-state index in [0.29, 0.717) is 23.7 Å². The van der Waals surface area contributed by atoms with Crippen LogP contribution in [0.15, 0.2) is 77.7 Å². The Balaban J connectivity index is 1.09. The van der Waals surface area contributed by atoms with Gasteiger partial charge in [0.15, 0.2) is 6.29 Å². The van der Waals surface area contributed by atoms with Crippen molar-refractivity contribution in [3.8, 4) is 21.9 Å². The highest BCUT2D eigenvalue weighted by molar-refractivity contribution is 7.89. The fourth-order valence-corrected chi connectivity index (χ4v) is 11.6. The number of aromatic carboxylic acids is 1. The van der Waals surface area contributed by atoms with E-state index in [-0.39, 0.29) is 61.0 Å². The van der Waals surface area contributed by atoms with Gasteiger partial charge in [-0.15, -0.1) is 11.3 Å². The Morgan fingerprint density at radius 3 is 2.30 bits per heavy atom. The Morgan fingerprint density at radius 2 is 1.63 bits per heavy atom. The van der Waals surface area contributed by atoms with Crippen molar-refractivity contribution in [3.05, 3.63) is 99.9 Å². The fourth-order valence-electron chi connectivity index (χ4n) is 8.66. The Labute approximate surface area is 373 Å². The molecular weight excluding hydrogens is 849 g/mol. The van der Waals surface area contributed by atoms with Crippen LogP contribution >= 0.6 is 11.3 Å². The predicted molar refractivity (Wildman–Crippen MR) is 237 cm³/mol. The number of hydrogen-bond acceptors (Lipinski definition) is 12. The van der Waals surface area contributed by atoms with E-state index in [1.807, 2.05) is 50.2 Å². The van der Waals surface area contributed by atoms with E-state index in [2.05, 4.69) is 19.2 Å². The number of nitrogens with one attached hydrogen (secondary N) is 1. The van der Waals surface area contributed by atoms with Crippen LogP contribution in [-0.4, -0.2) is 106 Å². The number of hydrogen-bond donors (Lipinski definition) is 3. The third-order valence-electron chi connectivity index (χ3n) is 12.0. The number of thiophene rings is 1. The van der Waals surface area contributed by atoms with Gasteiger partial charge in [0.25, 0.3) is 0 Å². The van der Waals surface area contributed by atoms with Gasteiger partial charge in [-0.3, -0.25) is 0 Å².